The Morgan fingerprint density at radius 2 is 2.15 bits per heavy atom. The van der Waals surface area contributed by atoms with Gasteiger partial charge in [0.2, 0.25) is 0 Å². The predicted molar refractivity (Wildman–Crippen MR) is 53.3 cm³/mol. The fourth-order valence-corrected chi connectivity index (χ4v) is 3.54. The van der Waals surface area contributed by atoms with Crippen LogP contribution < -0.4 is 11.1 Å². The first-order chi connectivity index (χ1) is 6.14. The zero-order valence-electron chi connectivity index (χ0n) is 7.83. The molecule has 0 aromatic heterocycles. The SMILES string of the molecule is NCCNCCC1CCS(=O)(=O)C1. The minimum absolute atomic E-state index is 0.371. The van der Waals surface area contributed by atoms with Crippen molar-refractivity contribution in [3.63, 3.8) is 0 Å². The van der Waals surface area contributed by atoms with Crippen molar-refractivity contribution < 1.29 is 8.42 Å². The van der Waals surface area contributed by atoms with E-state index < -0.39 is 9.84 Å². The number of sulfone groups is 1. The molecule has 78 valence electrons. The zero-order chi connectivity index (χ0) is 9.73. The number of hydrogen-bond acceptors (Lipinski definition) is 4. The van der Waals surface area contributed by atoms with E-state index in [0.29, 0.717) is 24.0 Å². The first-order valence-electron chi connectivity index (χ1n) is 4.75. The topological polar surface area (TPSA) is 72.2 Å². The van der Waals surface area contributed by atoms with Crippen LogP contribution >= 0.6 is 0 Å². The van der Waals surface area contributed by atoms with E-state index >= 15 is 0 Å². The molecule has 0 radical (unpaired) electrons. The summed E-state index contributed by atoms with van der Waals surface area (Å²) in [5.41, 5.74) is 5.31. The van der Waals surface area contributed by atoms with Crippen molar-refractivity contribution in [2.45, 2.75) is 12.8 Å². The molecule has 1 fully saturated rings. The van der Waals surface area contributed by atoms with Crippen molar-refractivity contribution in [1.82, 2.24) is 5.32 Å². The molecule has 4 nitrogen and oxygen atoms in total. The van der Waals surface area contributed by atoms with E-state index in [0.717, 1.165) is 25.9 Å². The molecule has 1 rings (SSSR count). The van der Waals surface area contributed by atoms with Gasteiger partial charge in [0.05, 0.1) is 11.5 Å². The molecule has 0 aliphatic carbocycles. The number of rotatable bonds is 5. The molecule has 0 bridgehead atoms. The maximum atomic E-state index is 11.1. The Morgan fingerprint density at radius 3 is 2.69 bits per heavy atom. The lowest BCUT2D eigenvalue weighted by Gasteiger charge is -2.07. The summed E-state index contributed by atoms with van der Waals surface area (Å²) in [6.45, 7) is 2.35. The Labute approximate surface area is 79.8 Å². The van der Waals surface area contributed by atoms with Crippen LogP contribution in [-0.2, 0) is 9.84 Å². The van der Waals surface area contributed by atoms with Gasteiger partial charge in [0.25, 0.3) is 0 Å². The average Bonchev–Trinajstić information content (AvgIpc) is 2.40. The lowest BCUT2D eigenvalue weighted by molar-refractivity contribution is 0.511. The second-order valence-electron chi connectivity index (χ2n) is 3.60. The van der Waals surface area contributed by atoms with Crippen LogP contribution in [0.2, 0.25) is 0 Å². The van der Waals surface area contributed by atoms with Crippen LogP contribution in [-0.4, -0.2) is 39.6 Å². The zero-order valence-corrected chi connectivity index (χ0v) is 8.65. The molecule has 1 unspecified atom stereocenters. The summed E-state index contributed by atoms with van der Waals surface area (Å²) in [6.07, 6.45) is 1.80. The molecule has 0 aromatic rings. The molecule has 1 saturated heterocycles. The Morgan fingerprint density at radius 1 is 1.38 bits per heavy atom. The van der Waals surface area contributed by atoms with Gasteiger partial charge >= 0.3 is 0 Å². The third kappa shape index (κ3) is 4.06. The monoisotopic (exact) mass is 206 g/mol. The standard InChI is InChI=1S/C8H18N2O2S/c9-3-5-10-4-1-8-2-6-13(11,12)7-8/h8,10H,1-7,9H2. The van der Waals surface area contributed by atoms with Gasteiger partial charge in [0.15, 0.2) is 9.84 Å². The van der Waals surface area contributed by atoms with E-state index in [1.807, 2.05) is 0 Å². The predicted octanol–water partition coefficient (Wildman–Crippen LogP) is -0.641. The van der Waals surface area contributed by atoms with Gasteiger partial charge in [-0.15, -0.1) is 0 Å². The molecule has 1 aliphatic heterocycles. The van der Waals surface area contributed by atoms with Gasteiger partial charge in [-0.25, -0.2) is 8.42 Å². The van der Waals surface area contributed by atoms with Gasteiger partial charge in [0.1, 0.15) is 0 Å². The van der Waals surface area contributed by atoms with E-state index in [9.17, 15) is 8.42 Å². The Kier molecular flexibility index (Phi) is 4.15. The minimum Gasteiger partial charge on any atom is -0.329 e. The molecular weight excluding hydrogens is 188 g/mol. The summed E-state index contributed by atoms with van der Waals surface area (Å²) in [5.74, 6) is 1.14. The molecule has 1 aliphatic rings. The van der Waals surface area contributed by atoms with E-state index in [2.05, 4.69) is 5.32 Å². The van der Waals surface area contributed by atoms with Crippen LogP contribution in [0.5, 0.6) is 0 Å². The van der Waals surface area contributed by atoms with Gasteiger partial charge in [-0.3, -0.25) is 0 Å². The van der Waals surface area contributed by atoms with Crippen LogP contribution in [0.25, 0.3) is 0 Å². The molecule has 3 N–H and O–H groups in total. The van der Waals surface area contributed by atoms with E-state index in [1.165, 1.54) is 0 Å². The summed E-state index contributed by atoms with van der Waals surface area (Å²) in [6, 6.07) is 0. The molecule has 0 aromatic carbocycles. The van der Waals surface area contributed by atoms with Crippen molar-refractivity contribution in [2.75, 3.05) is 31.1 Å². The second-order valence-corrected chi connectivity index (χ2v) is 5.83. The van der Waals surface area contributed by atoms with Crippen molar-refractivity contribution in [3.8, 4) is 0 Å². The molecule has 0 saturated carbocycles. The first kappa shape index (κ1) is 10.9. The number of nitrogens with two attached hydrogens (primary N) is 1. The molecule has 1 atom stereocenters. The van der Waals surface area contributed by atoms with Crippen LogP contribution in [0.3, 0.4) is 0 Å². The molecule has 0 amide bonds. The largest absolute Gasteiger partial charge is 0.329 e. The third-order valence-corrected chi connectivity index (χ3v) is 4.21. The average molecular weight is 206 g/mol. The van der Waals surface area contributed by atoms with E-state index in [-0.39, 0.29) is 0 Å². The van der Waals surface area contributed by atoms with E-state index in [4.69, 9.17) is 5.73 Å². The lowest BCUT2D eigenvalue weighted by atomic mass is 10.1. The lowest BCUT2D eigenvalue weighted by Crippen LogP contribution is -2.25. The van der Waals surface area contributed by atoms with Gasteiger partial charge in [-0.1, -0.05) is 0 Å². The van der Waals surface area contributed by atoms with Crippen molar-refractivity contribution in [2.24, 2.45) is 11.7 Å². The highest BCUT2D eigenvalue weighted by atomic mass is 32.2. The smallest absolute Gasteiger partial charge is 0.150 e. The Balaban J connectivity index is 2.11. The summed E-state index contributed by atoms with van der Waals surface area (Å²) in [4.78, 5) is 0. The number of hydrogen-bond donors (Lipinski definition) is 2. The van der Waals surface area contributed by atoms with Crippen molar-refractivity contribution >= 4 is 9.84 Å². The molecular formula is C8H18N2O2S. The van der Waals surface area contributed by atoms with Gasteiger partial charge in [0, 0.05) is 13.1 Å². The summed E-state index contributed by atoms with van der Waals surface area (Å²) in [5, 5.41) is 3.17. The quantitative estimate of drug-likeness (QED) is 0.587. The van der Waals surface area contributed by atoms with Crippen molar-refractivity contribution in [1.29, 1.82) is 0 Å². The summed E-state index contributed by atoms with van der Waals surface area (Å²) >= 11 is 0. The summed E-state index contributed by atoms with van der Waals surface area (Å²) in [7, 11) is -2.69. The second kappa shape index (κ2) is 4.93. The van der Waals surface area contributed by atoms with Crippen LogP contribution in [0.1, 0.15) is 12.8 Å². The fourth-order valence-electron chi connectivity index (χ4n) is 1.63. The molecule has 1 heterocycles. The first-order valence-corrected chi connectivity index (χ1v) is 6.57. The van der Waals surface area contributed by atoms with Gasteiger partial charge in [-0.2, -0.15) is 0 Å². The van der Waals surface area contributed by atoms with Gasteiger partial charge in [-0.05, 0) is 25.3 Å². The Bertz CT molecular complexity index is 239. The van der Waals surface area contributed by atoms with Crippen LogP contribution in [0.4, 0.5) is 0 Å². The summed E-state index contributed by atoms with van der Waals surface area (Å²) < 4.78 is 22.2. The highest BCUT2D eigenvalue weighted by Gasteiger charge is 2.26. The molecule has 5 heteroatoms. The maximum absolute atomic E-state index is 11.1. The fraction of sp³-hybridized carbons (Fsp3) is 1.00. The highest BCUT2D eigenvalue weighted by Crippen LogP contribution is 2.20. The molecule has 0 spiro atoms. The van der Waals surface area contributed by atoms with Crippen molar-refractivity contribution in [3.05, 3.63) is 0 Å². The third-order valence-electron chi connectivity index (χ3n) is 2.38. The maximum Gasteiger partial charge on any atom is 0.150 e. The normalized spacial score (nSPS) is 26.4. The minimum atomic E-state index is -2.69. The van der Waals surface area contributed by atoms with Crippen LogP contribution in [0.15, 0.2) is 0 Å². The highest BCUT2D eigenvalue weighted by molar-refractivity contribution is 7.91. The van der Waals surface area contributed by atoms with Gasteiger partial charge < -0.3 is 11.1 Å². The Hall–Kier alpha value is -0.130. The number of nitrogens with one attached hydrogen (secondary N) is 1. The van der Waals surface area contributed by atoms with Crippen LogP contribution in [0, 0.1) is 5.92 Å². The molecule has 13 heavy (non-hydrogen) atoms. The van der Waals surface area contributed by atoms with E-state index in [1.54, 1.807) is 0 Å².